The Morgan fingerprint density at radius 2 is 1.69 bits per heavy atom. The van der Waals surface area contributed by atoms with E-state index in [9.17, 15) is 4.39 Å². The van der Waals surface area contributed by atoms with Crippen LogP contribution >= 0.6 is 36.4 Å². The zero-order valence-electron chi connectivity index (χ0n) is 16.3. The number of likely N-dealkylation sites (tertiary alicyclic amines) is 1. The third kappa shape index (κ3) is 5.85. The van der Waals surface area contributed by atoms with Crippen molar-refractivity contribution in [2.24, 2.45) is 5.92 Å². The van der Waals surface area contributed by atoms with Crippen LogP contribution in [-0.2, 0) is 13.0 Å². The van der Waals surface area contributed by atoms with Crippen LogP contribution in [0.5, 0.6) is 0 Å². The van der Waals surface area contributed by atoms with E-state index >= 15 is 0 Å². The number of para-hydroxylation sites is 2. The molecule has 1 saturated heterocycles. The first kappa shape index (κ1) is 23.9. The van der Waals surface area contributed by atoms with Gasteiger partial charge in [-0.25, -0.2) is 9.37 Å². The van der Waals surface area contributed by atoms with Crippen LogP contribution in [0.4, 0.5) is 4.39 Å². The van der Waals surface area contributed by atoms with E-state index in [1.807, 2.05) is 18.2 Å². The van der Waals surface area contributed by atoms with Crippen molar-refractivity contribution in [1.82, 2.24) is 14.5 Å². The second-order valence-electron chi connectivity index (χ2n) is 7.41. The molecule has 0 radical (unpaired) electrons. The van der Waals surface area contributed by atoms with E-state index < -0.39 is 0 Å². The molecule has 1 fully saturated rings. The van der Waals surface area contributed by atoms with Gasteiger partial charge in [0.1, 0.15) is 11.6 Å². The lowest BCUT2D eigenvalue weighted by Crippen LogP contribution is -2.35. The molecule has 3 aromatic rings. The summed E-state index contributed by atoms with van der Waals surface area (Å²) in [4.78, 5) is 7.38. The number of benzene rings is 2. The third-order valence-corrected chi connectivity index (χ3v) is 5.74. The van der Waals surface area contributed by atoms with E-state index in [0.717, 1.165) is 55.0 Å². The highest BCUT2D eigenvalue weighted by molar-refractivity contribution is 6.18. The lowest BCUT2D eigenvalue weighted by atomic mass is 9.93. The number of halogens is 4. The van der Waals surface area contributed by atoms with Crippen molar-refractivity contribution in [1.29, 1.82) is 0 Å². The summed E-state index contributed by atoms with van der Waals surface area (Å²) in [6.45, 7) is 3.95. The Morgan fingerprint density at radius 3 is 2.38 bits per heavy atom. The Balaban J connectivity index is 0.00000150. The third-order valence-electron chi connectivity index (χ3n) is 5.57. The van der Waals surface area contributed by atoms with Gasteiger partial charge in [-0.1, -0.05) is 24.3 Å². The summed E-state index contributed by atoms with van der Waals surface area (Å²) < 4.78 is 15.6. The molecule has 0 amide bonds. The Morgan fingerprint density at radius 1 is 1.00 bits per heavy atom. The maximum Gasteiger partial charge on any atom is 0.123 e. The zero-order valence-corrected chi connectivity index (χ0v) is 18.7. The molecule has 2 heterocycles. The molecule has 158 valence electrons. The van der Waals surface area contributed by atoms with Crippen molar-refractivity contribution in [3.63, 3.8) is 0 Å². The van der Waals surface area contributed by atoms with Gasteiger partial charge >= 0.3 is 0 Å². The lowest BCUT2D eigenvalue weighted by molar-refractivity contribution is 0.191. The second kappa shape index (κ2) is 11.2. The van der Waals surface area contributed by atoms with Crippen LogP contribution in [0.25, 0.3) is 11.0 Å². The maximum atomic E-state index is 13.3. The minimum atomic E-state index is -0.196. The van der Waals surface area contributed by atoms with Gasteiger partial charge in [0.15, 0.2) is 0 Å². The molecule has 4 rings (SSSR count). The molecule has 0 N–H and O–H groups in total. The highest BCUT2D eigenvalue weighted by Crippen LogP contribution is 2.25. The monoisotopic (exact) mass is 457 g/mol. The van der Waals surface area contributed by atoms with E-state index in [4.69, 9.17) is 16.6 Å². The number of imidazole rings is 1. The van der Waals surface area contributed by atoms with Crippen molar-refractivity contribution < 1.29 is 4.39 Å². The van der Waals surface area contributed by atoms with Gasteiger partial charge in [0.25, 0.3) is 0 Å². The minimum Gasteiger partial charge on any atom is -0.323 e. The molecule has 0 spiro atoms. The van der Waals surface area contributed by atoms with Gasteiger partial charge in [0.05, 0.1) is 11.0 Å². The number of aromatic nitrogens is 2. The largest absolute Gasteiger partial charge is 0.323 e. The topological polar surface area (TPSA) is 21.1 Å². The highest BCUT2D eigenvalue weighted by Gasteiger charge is 2.22. The molecule has 0 atom stereocenters. The molecule has 2 aromatic carbocycles. The van der Waals surface area contributed by atoms with Crippen molar-refractivity contribution in [2.75, 3.05) is 25.5 Å². The highest BCUT2D eigenvalue weighted by atomic mass is 35.5. The molecule has 0 saturated carbocycles. The SMILES string of the molecule is Cl.Cl.Fc1ccc(Cn2c(CC3CCN(CCCl)CC3)nc3ccccc32)cc1. The molecule has 7 heteroatoms. The molecule has 29 heavy (non-hydrogen) atoms. The number of rotatable bonds is 6. The molecule has 1 aliphatic heterocycles. The number of hydrogen-bond donors (Lipinski definition) is 0. The van der Waals surface area contributed by atoms with Gasteiger partial charge in [-0.05, 0) is 61.7 Å². The number of hydrogen-bond acceptors (Lipinski definition) is 2. The summed E-state index contributed by atoms with van der Waals surface area (Å²) in [5, 5.41) is 0. The smallest absolute Gasteiger partial charge is 0.123 e. The van der Waals surface area contributed by atoms with Gasteiger partial charge in [0, 0.05) is 25.4 Å². The summed E-state index contributed by atoms with van der Waals surface area (Å²) in [6.07, 6.45) is 3.37. The summed E-state index contributed by atoms with van der Waals surface area (Å²) in [5.74, 6) is 2.30. The minimum absolute atomic E-state index is 0. The number of piperidine rings is 1. The number of fused-ring (bicyclic) bond motifs is 1. The van der Waals surface area contributed by atoms with Crippen LogP contribution < -0.4 is 0 Å². The van der Waals surface area contributed by atoms with Crippen molar-refractivity contribution in [3.8, 4) is 0 Å². The summed E-state index contributed by atoms with van der Waals surface area (Å²) >= 11 is 5.88. The first-order valence-corrected chi connectivity index (χ1v) is 10.2. The van der Waals surface area contributed by atoms with Crippen molar-refractivity contribution in [3.05, 3.63) is 65.7 Å². The van der Waals surface area contributed by atoms with Gasteiger partial charge < -0.3 is 9.47 Å². The van der Waals surface area contributed by atoms with Crippen molar-refractivity contribution in [2.45, 2.75) is 25.8 Å². The zero-order chi connectivity index (χ0) is 18.6. The van der Waals surface area contributed by atoms with Crippen molar-refractivity contribution >= 4 is 47.4 Å². The van der Waals surface area contributed by atoms with Crippen LogP contribution in [0, 0.1) is 11.7 Å². The Bertz CT molecular complexity index is 890. The number of alkyl halides is 1. The van der Waals surface area contributed by atoms with Crippen LogP contribution in [0.2, 0.25) is 0 Å². The van der Waals surface area contributed by atoms with Gasteiger partial charge in [-0.15, -0.1) is 36.4 Å². The molecule has 0 aliphatic carbocycles. The summed E-state index contributed by atoms with van der Waals surface area (Å²) in [5.41, 5.74) is 3.28. The average Bonchev–Trinajstić information content (AvgIpc) is 3.02. The lowest BCUT2D eigenvalue weighted by Gasteiger charge is -2.31. The van der Waals surface area contributed by atoms with Crippen LogP contribution in [-0.4, -0.2) is 40.0 Å². The predicted molar refractivity (Wildman–Crippen MR) is 123 cm³/mol. The maximum absolute atomic E-state index is 13.3. The summed E-state index contributed by atoms with van der Waals surface area (Å²) in [7, 11) is 0. The van der Waals surface area contributed by atoms with E-state index in [-0.39, 0.29) is 30.6 Å². The first-order chi connectivity index (χ1) is 13.2. The quantitative estimate of drug-likeness (QED) is 0.451. The average molecular weight is 459 g/mol. The van der Waals surface area contributed by atoms with Crippen LogP contribution in [0.15, 0.2) is 48.5 Å². The molecular formula is C22H27Cl3FN3. The fraction of sp³-hybridized carbons (Fsp3) is 0.409. The Kier molecular flexibility index (Phi) is 9.22. The Hall–Kier alpha value is -1.33. The number of nitrogens with zero attached hydrogens (tertiary/aromatic N) is 3. The second-order valence-corrected chi connectivity index (χ2v) is 7.79. The normalized spacial score (nSPS) is 15.1. The predicted octanol–water partition coefficient (Wildman–Crippen LogP) is 5.56. The Labute approximate surface area is 189 Å². The van der Waals surface area contributed by atoms with Crippen LogP contribution in [0.3, 0.4) is 0 Å². The first-order valence-electron chi connectivity index (χ1n) is 9.70. The summed E-state index contributed by atoms with van der Waals surface area (Å²) in [6, 6.07) is 15.1. The molecule has 1 aliphatic rings. The van der Waals surface area contributed by atoms with Crippen LogP contribution in [0.1, 0.15) is 24.2 Å². The van der Waals surface area contributed by atoms with E-state index in [2.05, 4.69) is 27.7 Å². The fourth-order valence-corrected chi connectivity index (χ4v) is 4.26. The van der Waals surface area contributed by atoms with E-state index in [0.29, 0.717) is 11.8 Å². The molecule has 1 aromatic heterocycles. The molecule has 3 nitrogen and oxygen atoms in total. The van der Waals surface area contributed by atoms with E-state index in [1.165, 1.54) is 25.0 Å². The standard InChI is InChI=1S/C22H25ClFN3.2ClH/c23-11-14-26-12-9-17(10-13-26)15-22-25-20-3-1-2-4-21(20)27(22)16-18-5-7-19(24)8-6-18;;/h1-8,17H,9-16H2;2*1H. The van der Waals surface area contributed by atoms with Gasteiger partial charge in [-0.2, -0.15) is 0 Å². The fourth-order valence-electron chi connectivity index (χ4n) is 4.02. The molecule has 0 bridgehead atoms. The van der Waals surface area contributed by atoms with Gasteiger partial charge in [0.2, 0.25) is 0 Å². The van der Waals surface area contributed by atoms with E-state index in [1.54, 1.807) is 0 Å². The van der Waals surface area contributed by atoms with Gasteiger partial charge in [-0.3, -0.25) is 0 Å². The molecular weight excluding hydrogens is 432 g/mol. The molecule has 0 unspecified atom stereocenters.